The summed E-state index contributed by atoms with van der Waals surface area (Å²) in [5.74, 6) is -9.23. The fourth-order valence-corrected chi connectivity index (χ4v) is 15.0. The van der Waals surface area contributed by atoms with Crippen LogP contribution in [-0.4, -0.2) is 176 Å². The first-order valence-electron chi connectivity index (χ1n) is 31.7. The van der Waals surface area contributed by atoms with Gasteiger partial charge < -0.3 is 67.7 Å². The van der Waals surface area contributed by atoms with Gasteiger partial charge in [-0.05, 0) is 58.7 Å². The summed E-state index contributed by atoms with van der Waals surface area (Å²) in [7, 11) is -5.51. The number of benzene rings is 3. The minimum atomic E-state index is -4.59. The summed E-state index contributed by atoms with van der Waals surface area (Å²) in [5, 5.41) is 19.1. The molecule has 30 nitrogen and oxygen atoms in total. The lowest BCUT2D eigenvalue weighted by Gasteiger charge is -2.54. The molecular formula is C64H76F4N8O22P2. The lowest BCUT2D eigenvalue weighted by atomic mass is 9.92. The van der Waals surface area contributed by atoms with Crippen LogP contribution < -0.4 is 36.2 Å². The molecule has 5 atom stereocenters. The highest BCUT2D eigenvalue weighted by atomic mass is 31.2. The monoisotopic (exact) mass is 1450 g/mol. The second-order valence-corrected chi connectivity index (χ2v) is 28.0. The number of aromatic hydroxyl groups is 1. The number of pyridine rings is 2. The van der Waals surface area contributed by atoms with Crippen LogP contribution in [0.15, 0.2) is 88.7 Å². The number of amides is 4. The van der Waals surface area contributed by atoms with Gasteiger partial charge in [-0.15, -0.1) is 0 Å². The topological polar surface area (TPSA) is 339 Å². The second kappa shape index (κ2) is 32.2. The Labute approximate surface area is 570 Å². The fraction of sp³-hybridized carbons (Fsp3) is 0.469. The van der Waals surface area contributed by atoms with E-state index in [9.17, 15) is 65.4 Å². The Hall–Kier alpha value is -8.88. The van der Waals surface area contributed by atoms with E-state index in [4.69, 9.17) is 51.3 Å². The van der Waals surface area contributed by atoms with Crippen molar-refractivity contribution in [1.29, 1.82) is 0 Å². The molecule has 0 radical (unpaired) electrons. The van der Waals surface area contributed by atoms with Crippen LogP contribution in [0.1, 0.15) is 119 Å². The molecular weight excluding hydrogens is 1370 g/mol. The molecule has 100 heavy (non-hydrogen) atoms. The van der Waals surface area contributed by atoms with Gasteiger partial charge in [-0.2, -0.15) is 0 Å². The van der Waals surface area contributed by atoms with E-state index in [2.05, 4.69) is 10.6 Å². The summed E-state index contributed by atoms with van der Waals surface area (Å²) < 4.78 is 149. The molecule has 542 valence electrons. The predicted octanol–water partition coefficient (Wildman–Crippen LogP) is 7.35. The summed E-state index contributed by atoms with van der Waals surface area (Å²) in [5.41, 5.74) is -7.11. The fourth-order valence-electron chi connectivity index (χ4n) is 12.1. The molecule has 0 bridgehead atoms. The molecule has 2 saturated heterocycles. The SMILES string of the molecule is CCOP(=O)(CCN1C(=O)c2c(OCc3ccccc3)c(=O)c(C(=O)NCc3ccc(F)cc3F)cn2N(C)C12CCOC2CC(C)OC(=O)OCOP(=O)(CCCN1C(=O)c2c(O)c(=O)c(C(=O)NCc3ccc(F)cc3F)cn2N(C)C12CCOC2)OCOC(=O)OC(C)C)OCC. The maximum absolute atomic E-state index is 15.5. The van der Waals surface area contributed by atoms with E-state index in [0.717, 1.165) is 41.3 Å². The number of fused-ring (bicyclic) bond motifs is 2. The molecule has 2 fully saturated rings. The predicted molar refractivity (Wildman–Crippen MR) is 344 cm³/mol. The van der Waals surface area contributed by atoms with Crippen molar-refractivity contribution < 1.29 is 112 Å². The molecule has 5 unspecified atom stereocenters. The Morgan fingerprint density at radius 3 is 1.80 bits per heavy atom. The molecule has 36 heteroatoms. The molecule has 4 amide bonds. The number of carbonyl (C=O) groups is 6. The highest BCUT2D eigenvalue weighted by Gasteiger charge is 2.59. The zero-order valence-electron chi connectivity index (χ0n) is 55.6. The molecule has 2 aromatic heterocycles. The van der Waals surface area contributed by atoms with Crippen molar-refractivity contribution >= 4 is 51.1 Å². The first kappa shape index (κ1) is 75.3. The number of likely N-dealkylation sites (N-methyl/N-ethyl adjacent to an activating group) is 2. The van der Waals surface area contributed by atoms with Crippen LogP contribution in [-0.2, 0) is 75.3 Å². The normalized spacial score (nSPS) is 19.0. The van der Waals surface area contributed by atoms with Gasteiger partial charge in [0.25, 0.3) is 23.6 Å². The smallest absolute Gasteiger partial charge is 0.502 e. The first-order valence-corrected chi connectivity index (χ1v) is 35.2. The third-order valence-electron chi connectivity index (χ3n) is 17.0. The molecule has 6 heterocycles. The van der Waals surface area contributed by atoms with E-state index < -0.39 is 176 Å². The van der Waals surface area contributed by atoms with E-state index in [1.165, 1.54) is 59.4 Å². The van der Waals surface area contributed by atoms with Gasteiger partial charge in [-0.3, -0.25) is 66.3 Å². The van der Waals surface area contributed by atoms with Crippen LogP contribution in [0.25, 0.3) is 0 Å². The number of halogens is 4. The standard InChI is InChI=1S/C64H76F4N8O22P2/c1-8-93-100(87,94-9-2)27-23-74-60(83)52-56(90-35-41-14-11-10-12-15-41)54(78)47(58(81)70-32-43-17-19-45(66)30-49(43)68)34-76(52)72(7)64(74)21-25-89-50(64)28-40(5)98-62(85)92-38-96-99(86,95-37-91-61(84)97-39(3)4)26-13-22-73-59(82)51-55(79)53(77)46(33-75(51)71(6)63(73)20-24-88-36-63)57(80)69-31-42-16-18-44(65)29-48(42)67/h10-12,14-19,29-30,33-34,39-40,50,79H,8-9,13,20-28,31-32,35-38H2,1-7H3,(H,69,80)(H,70,81). The molecule has 5 aromatic rings. The van der Waals surface area contributed by atoms with E-state index >= 15 is 4.79 Å². The van der Waals surface area contributed by atoms with Crippen molar-refractivity contribution in [3.05, 3.63) is 162 Å². The van der Waals surface area contributed by atoms with Gasteiger partial charge in [-0.25, -0.2) is 27.2 Å². The van der Waals surface area contributed by atoms with Crippen LogP contribution in [0.3, 0.4) is 0 Å². The minimum absolute atomic E-state index is 0.00914. The van der Waals surface area contributed by atoms with Gasteiger partial charge in [0.2, 0.25) is 24.4 Å². The number of carbonyl (C=O) groups excluding carboxylic acids is 6. The van der Waals surface area contributed by atoms with Crippen molar-refractivity contribution in [1.82, 2.24) is 29.8 Å². The van der Waals surface area contributed by atoms with Gasteiger partial charge in [0.05, 0.1) is 51.5 Å². The third kappa shape index (κ3) is 16.4. The molecule has 4 aliphatic heterocycles. The zero-order valence-corrected chi connectivity index (χ0v) is 57.4. The van der Waals surface area contributed by atoms with Crippen LogP contribution in [0.4, 0.5) is 27.2 Å². The molecule has 3 aromatic carbocycles. The molecule has 9 rings (SSSR count). The van der Waals surface area contributed by atoms with Gasteiger partial charge >= 0.3 is 27.5 Å². The van der Waals surface area contributed by atoms with Crippen LogP contribution in [0.2, 0.25) is 0 Å². The van der Waals surface area contributed by atoms with Crippen molar-refractivity contribution in [2.45, 2.75) is 110 Å². The van der Waals surface area contributed by atoms with Gasteiger partial charge in [0.15, 0.2) is 34.2 Å². The maximum atomic E-state index is 15.5. The minimum Gasteiger partial charge on any atom is -0.502 e. The second-order valence-electron chi connectivity index (χ2n) is 23.6. The molecule has 3 N–H and O–H groups in total. The number of aromatic nitrogens is 2. The molecule has 2 spiro atoms. The summed E-state index contributed by atoms with van der Waals surface area (Å²) in [4.78, 5) is 114. The van der Waals surface area contributed by atoms with E-state index in [0.29, 0.717) is 17.7 Å². The Kier molecular flexibility index (Phi) is 24.2. The molecule has 0 aliphatic carbocycles. The number of hydrogen-bond donors (Lipinski definition) is 3. The van der Waals surface area contributed by atoms with Gasteiger partial charge in [-0.1, -0.05) is 42.5 Å². The average Bonchev–Trinajstić information content (AvgIpc) is 1.25. The maximum Gasteiger partial charge on any atom is 0.510 e. The Morgan fingerprint density at radius 2 is 1.24 bits per heavy atom. The number of rotatable bonds is 30. The lowest BCUT2D eigenvalue weighted by molar-refractivity contribution is -0.0536. The quantitative estimate of drug-likeness (QED) is 0.0175. The summed E-state index contributed by atoms with van der Waals surface area (Å²) in [6, 6.07) is 14.0. The third-order valence-corrected chi connectivity index (χ3v) is 20.9. The van der Waals surface area contributed by atoms with Crippen LogP contribution >= 0.6 is 15.2 Å². The number of hydrogen-bond acceptors (Lipinski definition) is 24. The summed E-state index contributed by atoms with van der Waals surface area (Å²) in [6.45, 7) is 3.48. The van der Waals surface area contributed by atoms with Crippen molar-refractivity contribution in [3.63, 3.8) is 0 Å². The van der Waals surface area contributed by atoms with Crippen LogP contribution in [0.5, 0.6) is 11.5 Å². The van der Waals surface area contributed by atoms with Gasteiger partial charge in [0, 0.05) is 95.2 Å². The Bertz CT molecular complexity index is 4100. The molecule has 0 saturated carbocycles. The highest BCUT2D eigenvalue weighted by molar-refractivity contribution is 7.54. The van der Waals surface area contributed by atoms with Crippen molar-refractivity contribution in [3.8, 4) is 11.5 Å². The lowest BCUT2D eigenvalue weighted by Crippen LogP contribution is -2.73. The van der Waals surface area contributed by atoms with Crippen LogP contribution in [0, 0.1) is 23.3 Å². The number of nitrogens with one attached hydrogen (secondary N) is 2. The Morgan fingerprint density at radius 1 is 0.680 bits per heavy atom. The van der Waals surface area contributed by atoms with E-state index in [-0.39, 0.29) is 101 Å². The largest absolute Gasteiger partial charge is 0.510 e. The van der Waals surface area contributed by atoms with E-state index in [1.807, 2.05) is 0 Å². The summed E-state index contributed by atoms with van der Waals surface area (Å²) >= 11 is 0. The average molecular weight is 1450 g/mol. The Balaban J connectivity index is 0.928. The first-order chi connectivity index (χ1) is 47.6. The van der Waals surface area contributed by atoms with E-state index in [1.54, 1.807) is 44.2 Å². The molecule has 4 aliphatic rings. The number of ether oxygens (including phenoxy) is 7. The zero-order chi connectivity index (χ0) is 72.4. The van der Waals surface area contributed by atoms with Crippen molar-refractivity contribution in [2.75, 3.05) is 96.1 Å². The van der Waals surface area contributed by atoms with Gasteiger partial charge in [0.1, 0.15) is 53.2 Å². The highest BCUT2D eigenvalue weighted by Crippen LogP contribution is 2.51. The summed E-state index contributed by atoms with van der Waals surface area (Å²) in [6.07, 6.45) is -4.80. The number of nitrogens with zero attached hydrogens (tertiary/aromatic N) is 6. The van der Waals surface area contributed by atoms with Crippen molar-refractivity contribution in [2.24, 2.45) is 0 Å².